The number of nitrogens with one attached hydrogen (secondary N) is 1. The maximum atomic E-state index is 14.0. The van der Waals surface area contributed by atoms with E-state index in [0.29, 0.717) is 52.5 Å². The number of alkyl carbamates (subject to hydrolysis) is 1. The van der Waals surface area contributed by atoms with Gasteiger partial charge in [-0.25, -0.2) is 9.59 Å². The third kappa shape index (κ3) is 11.8. The number of methoxy groups -OCH3 is 1. The van der Waals surface area contributed by atoms with Crippen LogP contribution in [0.1, 0.15) is 71.7 Å². The van der Waals surface area contributed by atoms with Crippen LogP contribution < -0.4 is 15.1 Å². The van der Waals surface area contributed by atoms with Crippen molar-refractivity contribution in [2.24, 2.45) is 10.8 Å². The Morgan fingerprint density at radius 2 is 1.71 bits per heavy atom. The number of aryl methyl sites for hydroxylation is 1. The highest BCUT2D eigenvalue weighted by Crippen LogP contribution is 2.44. The fourth-order valence-electron chi connectivity index (χ4n) is 10.8. The zero-order valence-corrected chi connectivity index (χ0v) is 44.1. The Morgan fingerprint density at radius 1 is 0.971 bits per heavy atom. The van der Waals surface area contributed by atoms with E-state index in [-0.39, 0.29) is 30.7 Å². The topological polar surface area (TPSA) is 149 Å². The summed E-state index contributed by atoms with van der Waals surface area (Å²) in [5, 5.41) is 4.07. The summed E-state index contributed by atoms with van der Waals surface area (Å²) in [5.74, 6) is -0.807. The van der Waals surface area contributed by atoms with E-state index in [0.717, 1.165) is 96.1 Å². The van der Waals surface area contributed by atoms with Gasteiger partial charge < -0.3 is 48.1 Å². The molecule has 69 heavy (non-hydrogen) atoms. The van der Waals surface area contributed by atoms with Gasteiger partial charge in [0.1, 0.15) is 6.04 Å². The molecule has 0 bridgehead atoms. The number of nitrogens with zero attached hydrogens (tertiary/aromatic N) is 6. The predicted octanol–water partition coefficient (Wildman–Crippen LogP) is 6.75. The van der Waals surface area contributed by atoms with Gasteiger partial charge in [-0.05, 0) is 75.9 Å². The predicted molar refractivity (Wildman–Crippen MR) is 271 cm³/mol. The monoisotopic (exact) mass is 974 g/mol. The number of benzene rings is 1. The molecule has 1 spiro atoms. The van der Waals surface area contributed by atoms with Crippen molar-refractivity contribution in [3.05, 3.63) is 41.7 Å². The highest BCUT2D eigenvalue weighted by molar-refractivity contribution is 6.76. The Hall–Kier alpha value is -4.26. The second-order valence-electron chi connectivity index (χ2n) is 22.2. The number of esters is 2. The van der Waals surface area contributed by atoms with Crippen LogP contribution in [0.15, 0.2) is 30.5 Å². The molecule has 5 fully saturated rings. The Labute approximate surface area is 410 Å². The molecule has 380 valence electrons. The number of hydrogen-bond donors (Lipinski definition) is 1. The van der Waals surface area contributed by atoms with E-state index in [1.807, 2.05) is 6.20 Å². The van der Waals surface area contributed by atoms with Crippen molar-refractivity contribution in [2.45, 2.75) is 123 Å². The van der Waals surface area contributed by atoms with Gasteiger partial charge in [-0.2, -0.15) is 0 Å². The zero-order chi connectivity index (χ0) is 49.3. The van der Waals surface area contributed by atoms with Gasteiger partial charge in [0, 0.05) is 120 Å². The normalized spacial score (nSPS) is 21.3. The Morgan fingerprint density at radius 3 is 2.33 bits per heavy atom. The van der Waals surface area contributed by atoms with Crippen molar-refractivity contribution < 1.29 is 42.8 Å². The number of piperazine rings is 1. The van der Waals surface area contributed by atoms with Crippen molar-refractivity contribution in [2.75, 3.05) is 109 Å². The number of rotatable bonds is 20. The summed E-state index contributed by atoms with van der Waals surface area (Å²) in [7, 11) is 0.264. The molecule has 8 rings (SSSR count). The van der Waals surface area contributed by atoms with Gasteiger partial charge in [0.25, 0.3) is 0 Å². The molecule has 4 atom stereocenters. The van der Waals surface area contributed by atoms with E-state index < -0.39 is 43.7 Å². The SMILES string of the molecule is CCOC(=O)[C@@H](NC(=O)OCC[Si](C)(C)C)[C@@H]([C@H]1CN(c2ccc3c(c2)c(CC(C)(C)COC(C)=O)c(-c2cc(N4CCN(C5CC5)CC4)cnc2[C@H](C)OC)n3CC)CCO1)N1CC2(COC2)C1. The van der Waals surface area contributed by atoms with E-state index in [4.69, 9.17) is 33.4 Å². The van der Waals surface area contributed by atoms with Gasteiger partial charge in [-0.15, -0.1) is 0 Å². The van der Waals surface area contributed by atoms with Crippen LogP contribution in [0.25, 0.3) is 22.2 Å². The highest BCUT2D eigenvalue weighted by Gasteiger charge is 2.55. The number of likely N-dealkylation sites (tertiary alicyclic amines) is 1. The standard InChI is InChI=1S/C52H79N7O9Si/c1-11-59-43-16-15-38(57-21-22-66-44(29-57)48(58-30-52(31-58)33-64-34-52)46(49(61)65-12-2)54-50(62)67-23-24-69(8,9)10)25-40(43)42(27-51(5,6)32-68-36(4)60)47(59)41-26-39(28-53-45(41)35(3)63-7)56-19-17-55(18-20-56)37-13-14-37/h15-16,25-26,28,35,37,44,46,48H,11-14,17-24,27,29-34H2,1-10H3,(H,54,62)/t35-,44+,46-,48+/m0/s1. The molecule has 1 N–H and O–H groups in total. The Bertz CT molecular complexity index is 2290. The van der Waals surface area contributed by atoms with Crippen LogP contribution in [0.3, 0.4) is 0 Å². The lowest BCUT2D eigenvalue weighted by Gasteiger charge is -2.59. The quantitative estimate of drug-likeness (QED) is 0.0723. The lowest BCUT2D eigenvalue weighted by atomic mass is 9.75. The summed E-state index contributed by atoms with van der Waals surface area (Å²) in [4.78, 5) is 54.6. The first-order valence-electron chi connectivity index (χ1n) is 25.5. The summed E-state index contributed by atoms with van der Waals surface area (Å²) in [6, 6.07) is 9.07. The summed E-state index contributed by atoms with van der Waals surface area (Å²) in [6.07, 6.45) is 3.91. The second-order valence-corrected chi connectivity index (χ2v) is 27.8. The first-order valence-corrected chi connectivity index (χ1v) is 29.2. The molecule has 1 saturated carbocycles. The first kappa shape index (κ1) is 51.1. The minimum atomic E-state index is -1.47. The lowest BCUT2D eigenvalue weighted by Crippen LogP contribution is -2.74. The number of ether oxygens (including phenoxy) is 6. The van der Waals surface area contributed by atoms with Gasteiger partial charge in [0.2, 0.25) is 0 Å². The molecule has 16 nitrogen and oxygen atoms in total. The number of fused-ring (bicyclic) bond motifs is 1. The molecular formula is C52H79N7O9Si. The Kier molecular flexibility index (Phi) is 15.7. The first-order chi connectivity index (χ1) is 32.9. The van der Waals surface area contributed by atoms with Gasteiger partial charge in [-0.1, -0.05) is 33.5 Å². The van der Waals surface area contributed by atoms with E-state index in [1.165, 1.54) is 19.8 Å². The average Bonchev–Trinajstić information content (AvgIpc) is 4.10. The number of amides is 1. The molecule has 5 aliphatic rings. The molecule has 2 aromatic heterocycles. The van der Waals surface area contributed by atoms with Crippen molar-refractivity contribution in [3.8, 4) is 11.3 Å². The fraction of sp³-hybridized carbons (Fsp3) is 0.692. The molecule has 6 heterocycles. The Balaban J connectivity index is 1.17. The van der Waals surface area contributed by atoms with Crippen LogP contribution in [0.5, 0.6) is 0 Å². The maximum absolute atomic E-state index is 14.0. The minimum absolute atomic E-state index is 0.0411. The van der Waals surface area contributed by atoms with Crippen LogP contribution in [-0.4, -0.2) is 169 Å². The zero-order valence-electron chi connectivity index (χ0n) is 43.1. The van der Waals surface area contributed by atoms with Gasteiger partial charge in [0.05, 0.1) is 81.2 Å². The number of morpholine rings is 1. The number of anilines is 2. The van der Waals surface area contributed by atoms with E-state index in [1.54, 1.807) is 14.0 Å². The molecule has 4 saturated heterocycles. The third-order valence-electron chi connectivity index (χ3n) is 14.8. The summed E-state index contributed by atoms with van der Waals surface area (Å²) in [6.45, 7) is 28.3. The average molecular weight is 974 g/mol. The fourth-order valence-corrected chi connectivity index (χ4v) is 11.5. The van der Waals surface area contributed by atoms with Gasteiger partial charge in [0.15, 0.2) is 0 Å². The molecule has 17 heteroatoms. The molecule has 0 unspecified atom stereocenters. The summed E-state index contributed by atoms with van der Waals surface area (Å²) in [5.41, 5.74) is 7.03. The molecule has 3 aromatic rings. The number of pyridine rings is 1. The summed E-state index contributed by atoms with van der Waals surface area (Å²) < 4.78 is 37.8. The summed E-state index contributed by atoms with van der Waals surface area (Å²) >= 11 is 0. The van der Waals surface area contributed by atoms with Crippen molar-refractivity contribution in [1.29, 1.82) is 0 Å². The number of hydrogen-bond acceptors (Lipinski definition) is 14. The minimum Gasteiger partial charge on any atom is -0.465 e. The second kappa shape index (κ2) is 21.2. The van der Waals surface area contributed by atoms with E-state index in [2.05, 4.69) is 101 Å². The van der Waals surface area contributed by atoms with Crippen molar-refractivity contribution in [3.63, 3.8) is 0 Å². The van der Waals surface area contributed by atoms with Crippen molar-refractivity contribution >= 4 is 48.4 Å². The third-order valence-corrected chi connectivity index (χ3v) is 16.5. The van der Waals surface area contributed by atoms with Crippen LogP contribution in [-0.2, 0) is 51.0 Å². The lowest BCUT2D eigenvalue weighted by molar-refractivity contribution is -0.213. The molecule has 1 amide bonds. The number of aromatic nitrogens is 2. The molecule has 4 aliphatic heterocycles. The van der Waals surface area contributed by atoms with E-state index >= 15 is 0 Å². The smallest absolute Gasteiger partial charge is 0.407 e. The van der Waals surface area contributed by atoms with E-state index in [9.17, 15) is 14.4 Å². The molecular weight excluding hydrogens is 895 g/mol. The van der Waals surface area contributed by atoms with Gasteiger partial charge in [-0.3, -0.25) is 19.6 Å². The molecule has 0 radical (unpaired) electrons. The van der Waals surface area contributed by atoms with Crippen LogP contribution in [0.4, 0.5) is 16.2 Å². The molecule has 1 aromatic carbocycles. The van der Waals surface area contributed by atoms with Crippen molar-refractivity contribution in [1.82, 2.24) is 24.7 Å². The molecule has 1 aliphatic carbocycles. The van der Waals surface area contributed by atoms with Crippen LogP contribution >= 0.6 is 0 Å². The maximum Gasteiger partial charge on any atom is 0.407 e. The largest absolute Gasteiger partial charge is 0.465 e. The van der Waals surface area contributed by atoms with Crippen LogP contribution in [0.2, 0.25) is 25.7 Å². The number of carbonyl (C=O) groups is 3. The van der Waals surface area contributed by atoms with Crippen LogP contribution in [0, 0.1) is 10.8 Å². The number of carbonyl (C=O) groups excluding carboxylic acids is 3. The highest BCUT2D eigenvalue weighted by atomic mass is 28.3. The van der Waals surface area contributed by atoms with Gasteiger partial charge >= 0.3 is 18.0 Å².